The molecule has 20 heavy (non-hydrogen) atoms. The summed E-state index contributed by atoms with van der Waals surface area (Å²) in [6.45, 7) is 1.60. The minimum absolute atomic E-state index is 0.0354. The normalized spacial score (nSPS) is 11.2. The van der Waals surface area contributed by atoms with Crippen molar-refractivity contribution in [3.63, 3.8) is 0 Å². The van der Waals surface area contributed by atoms with E-state index in [0.29, 0.717) is 23.5 Å². The third-order valence-corrected chi connectivity index (χ3v) is 4.80. The number of rotatable bonds is 8. The summed E-state index contributed by atoms with van der Waals surface area (Å²) in [5.74, 6) is 1.05. The molecule has 0 saturated carbocycles. The fraction of sp³-hybridized carbons (Fsp3) is 0.500. The van der Waals surface area contributed by atoms with E-state index >= 15 is 0 Å². The molecule has 5 nitrogen and oxygen atoms in total. The Bertz CT molecular complexity index is 563. The number of sulfone groups is 1. The minimum Gasteiger partial charge on any atom is -0.497 e. The van der Waals surface area contributed by atoms with Crippen LogP contribution in [0.1, 0.15) is 30.1 Å². The molecular weight excluding hydrogens is 280 g/mol. The van der Waals surface area contributed by atoms with Crippen LogP contribution in [0.25, 0.3) is 0 Å². The Morgan fingerprint density at radius 3 is 2.45 bits per heavy atom. The number of ether oxygens (including phenoxy) is 2. The van der Waals surface area contributed by atoms with Crippen molar-refractivity contribution in [2.75, 3.05) is 25.7 Å². The predicted molar refractivity (Wildman–Crippen MR) is 77.4 cm³/mol. The highest BCUT2D eigenvalue weighted by molar-refractivity contribution is 7.91. The van der Waals surface area contributed by atoms with Gasteiger partial charge < -0.3 is 9.47 Å². The lowest BCUT2D eigenvalue weighted by Crippen LogP contribution is -2.11. The molecule has 1 aromatic carbocycles. The van der Waals surface area contributed by atoms with Gasteiger partial charge in [-0.3, -0.25) is 4.79 Å². The van der Waals surface area contributed by atoms with Crippen LogP contribution in [-0.4, -0.2) is 39.9 Å². The molecule has 0 radical (unpaired) electrons. The molecule has 0 aliphatic heterocycles. The van der Waals surface area contributed by atoms with Crippen molar-refractivity contribution in [3.8, 4) is 11.5 Å². The molecule has 0 atom stereocenters. The number of carbonyl (C=O) groups is 1. The molecule has 1 aromatic rings. The van der Waals surface area contributed by atoms with E-state index in [0.717, 1.165) is 0 Å². The largest absolute Gasteiger partial charge is 0.497 e. The monoisotopic (exact) mass is 300 g/mol. The highest BCUT2D eigenvalue weighted by Crippen LogP contribution is 2.25. The molecule has 112 valence electrons. The summed E-state index contributed by atoms with van der Waals surface area (Å²) in [5, 5.41) is 0. The molecule has 0 N–H and O–H groups in total. The van der Waals surface area contributed by atoms with Gasteiger partial charge in [0.2, 0.25) is 0 Å². The topological polar surface area (TPSA) is 69.7 Å². The van der Waals surface area contributed by atoms with Crippen molar-refractivity contribution in [3.05, 3.63) is 23.8 Å². The molecule has 0 aromatic heterocycles. The van der Waals surface area contributed by atoms with Gasteiger partial charge in [0.25, 0.3) is 0 Å². The lowest BCUT2D eigenvalue weighted by Gasteiger charge is -2.09. The van der Waals surface area contributed by atoms with Crippen LogP contribution in [0.15, 0.2) is 18.2 Å². The van der Waals surface area contributed by atoms with E-state index in [2.05, 4.69) is 0 Å². The highest BCUT2D eigenvalue weighted by atomic mass is 32.2. The fourth-order valence-electron chi connectivity index (χ4n) is 1.76. The summed E-state index contributed by atoms with van der Waals surface area (Å²) in [7, 11) is -0.0143. The van der Waals surface area contributed by atoms with Gasteiger partial charge in [-0.15, -0.1) is 0 Å². The van der Waals surface area contributed by atoms with Crippen molar-refractivity contribution in [2.24, 2.45) is 0 Å². The molecule has 6 heteroatoms. The van der Waals surface area contributed by atoms with E-state index in [9.17, 15) is 13.2 Å². The van der Waals surface area contributed by atoms with Crippen LogP contribution >= 0.6 is 0 Å². The van der Waals surface area contributed by atoms with Gasteiger partial charge in [0.05, 0.1) is 25.5 Å². The van der Waals surface area contributed by atoms with E-state index in [1.54, 1.807) is 25.1 Å². The average Bonchev–Trinajstić information content (AvgIpc) is 2.46. The van der Waals surface area contributed by atoms with Gasteiger partial charge in [0, 0.05) is 18.2 Å². The highest BCUT2D eigenvalue weighted by Gasteiger charge is 2.15. The van der Waals surface area contributed by atoms with Crippen molar-refractivity contribution in [2.45, 2.75) is 19.8 Å². The van der Waals surface area contributed by atoms with Crippen LogP contribution in [0, 0.1) is 0 Å². The first-order valence-corrected chi connectivity index (χ1v) is 8.21. The standard InChI is InChI=1S/C14H20O5S/c1-4-20(16,17)9-5-6-13(15)12-8-7-11(18-2)10-14(12)19-3/h7-8,10H,4-6,9H2,1-3H3. The molecule has 0 bridgehead atoms. The van der Waals surface area contributed by atoms with E-state index < -0.39 is 9.84 Å². The third kappa shape index (κ3) is 4.52. The Morgan fingerprint density at radius 2 is 1.90 bits per heavy atom. The zero-order valence-corrected chi connectivity index (χ0v) is 12.8. The Morgan fingerprint density at radius 1 is 1.20 bits per heavy atom. The van der Waals surface area contributed by atoms with Crippen molar-refractivity contribution < 1.29 is 22.7 Å². The van der Waals surface area contributed by atoms with Crippen LogP contribution in [0.2, 0.25) is 0 Å². The number of hydrogen-bond donors (Lipinski definition) is 0. The first-order chi connectivity index (χ1) is 9.43. The molecule has 0 aliphatic carbocycles. The van der Waals surface area contributed by atoms with Gasteiger partial charge in [-0.25, -0.2) is 8.42 Å². The van der Waals surface area contributed by atoms with Gasteiger partial charge in [0.1, 0.15) is 21.3 Å². The number of carbonyl (C=O) groups excluding carboxylic acids is 1. The van der Waals surface area contributed by atoms with E-state index in [4.69, 9.17) is 9.47 Å². The summed E-state index contributed by atoms with van der Waals surface area (Å²) < 4.78 is 33.0. The van der Waals surface area contributed by atoms with Crippen molar-refractivity contribution in [1.29, 1.82) is 0 Å². The fourth-order valence-corrected chi connectivity index (χ4v) is 2.63. The molecule has 1 rings (SSSR count). The van der Waals surface area contributed by atoms with Gasteiger partial charge in [0.15, 0.2) is 5.78 Å². The molecule has 0 spiro atoms. The van der Waals surface area contributed by atoms with Gasteiger partial charge in [-0.1, -0.05) is 6.92 Å². The predicted octanol–water partition coefficient (Wildman–Crippen LogP) is 2.10. The van der Waals surface area contributed by atoms with Gasteiger partial charge in [-0.2, -0.15) is 0 Å². The van der Waals surface area contributed by atoms with Gasteiger partial charge >= 0.3 is 0 Å². The zero-order chi connectivity index (χ0) is 15.2. The maximum atomic E-state index is 12.1. The van der Waals surface area contributed by atoms with Gasteiger partial charge in [-0.05, 0) is 18.6 Å². The zero-order valence-electron chi connectivity index (χ0n) is 12.0. The van der Waals surface area contributed by atoms with Crippen LogP contribution in [0.3, 0.4) is 0 Å². The van der Waals surface area contributed by atoms with Crippen LogP contribution in [0.5, 0.6) is 11.5 Å². The number of ketones is 1. The SMILES string of the molecule is CCS(=O)(=O)CCCC(=O)c1ccc(OC)cc1OC. The number of methoxy groups -OCH3 is 2. The second-order valence-electron chi connectivity index (χ2n) is 4.33. The summed E-state index contributed by atoms with van der Waals surface area (Å²) >= 11 is 0. The second-order valence-corrected chi connectivity index (χ2v) is 6.80. The van der Waals surface area contributed by atoms with E-state index in [1.807, 2.05) is 0 Å². The van der Waals surface area contributed by atoms with Crippen LogP contribution < -0.4 is 9.47 Å². The average molecular weight is 300 g/mol. The molecule has 0 saturated heterocycles. The summed E-state index contributed by atoms with van der Waals surface area (Å²) in [4.78, 5) is 12.1. The van der Waals surface area contributed by atoms with Crippen molar-refractivity contribution >= 4 is 15.6 Å². The molecule has 0 fully saturated rings. The Balaban J connectivity index is 2.73. The molecule has 0 unspecified atom stereocenters. The molecular formula is C14H20O5S. The minimum atomic E-state index is -3.03. The van der Waals surface area contributed by atoms with Crippen molar-refractivity contribution in [1.82, 2.24) is 0 Å². The number of benzene rings is 1. The maximum Gasteiger partial charge on any atom is 0.166 e. The lowest BCUT2D eigenvalue weighted by molar-refractivity contribution is 0.0979. The molecule has 0 aliphatic rings. The third-order valence-electron chi connectivity index (χ3n) is 3.01. The van der Waals surface area contributed by atoms with Crippen LogP contribution in [-0.2, 0) is 9.84 Å². The Kier molecular flexibility index (Phi) is 6.01. The Labute approximate surface area is 119 Å². The summed E-state index contributed by atoms with van der Waals surface area (Å²) in [6.07, 6.45) is 0.506. The van der Waals surface area contributed by atoms with Crippen LogP contribution in [0.4, 0.5) is 0 Å². The van der Waals surface area contributed by atoms with E-state index in [1.165, 1.54) is 14.2 Å². The quantitative estimate of drug-likeness (QED) is 0.688. The molecule has 0 heterocycles. The maximum absolute atomic E-state index is 12.1. The second kappa shape index (κ2) is 7.28. The number of hydrogen-bond acceptors (Lipinski definition) is 5. The first-order valence-electron chi connectivity index (χ1n) is 6.39. The Hall–Kier alpha value is -1.56. The smallest absolute Gasteiger partial charge is 0.166 e. The lowest BCUT2D eigenvalue weighted by atomic mass is 10.1. The summed E-state index contributed by atoms with van der Waals surface area (Å²) in [6, 6.07) is 4.95. The first kappa shape index (κ1) is 16.5. The van der Waals surface area contributed by atoms with E-state index in [-0.39, 0.29) is 23.7 Å². The number of Topliss-reactive ketones (excluding diaryl/α,β-unsaturated/α-hetero) is 1. The molecule has 0 amide bonds. The summed E-state index contributed by atoms with van der Waals surface area (Å²) in [5.41, 5.74) is 0.446.